The van der Waals surface area contributed by atoms with E-state index in [1.54, 1.807) is 0 Å². The number of ketones is 1. The van der Waals surface area contributed by atoms with Gasteiger partial charge < -0.3 is 9.73 Å². The van der Waals surface area contributed by atoms with Gasteiger partial charge in [-0.15, -0.1) is 0 Å². The van der Waals surface area contributed by atoms with Crippen LogP contribution in [-0.4, -0.2) is 36.2 Å². The predicted molar refractivity (Wildman–Crippen MR) is 87.6 cm³/mol. The topological polar surface area (TPSA) is 62.6 Å². The molecule has 1 aliphatic carbocycles. The molecular formula is C18H20N2O3. The summed E-state index contributed by atoms with van der Waals surface area (Å²) in [7, 11) is 0. The first-order valence-electron chi connectivity index (χ1n) is 8.30. The molecule has 5 heteroatoms. The molecule has 1 aromatic carbocycles. The highest BCUT2D eigenvalue weighted by atomic mass is 16.3. The molecule has 2 fully saturated rings. The maximum atomic E-state index is 12.5. The average molecular weight is 312 g/mol. The van der Waals surface area contributed by atoms with Crippen LogP contribution in [0.3, 0.4) is 0 Å². The van der Waals surface area contributed by atoms with E-state index in [1.807, 2.05) is 24.3 Å². The molecule has 5 nitrogen and oxygen atoms in total. The number of likely N-dealkylation sites (tertiary alicyclic amines) is 1. The predicted octanol–water partition coefficient (Wildman–Crippen LogP) is 3.06. The van der Waals surface area contributed by atoms with Crippen molar-refractivity contribution in [2.45, 2.75) is 25.7 Å². The van der Waals surface area contributed by atoms with Gasteiger partial charge in [0.05, 0.1) is 12.2 Å². The van der Waals surface area contributed by atoms with Crippen molar-refractivity contribution in [3.05, 3.63) is 30.0 Å². The van der Waals surface area contributed by atoms with Crippen molar-refractivity contribution in [1.29, 1.82) is 0 Å². The Morgan fingerprint density at radius 1 is 1.17 bits per heavy atom. The lowest BCUT2D eigenvalue weighted by molar-refractivity contribution is -0.117. The first-order chi connectivity index (χ1) is 11.2. The molecule has 1 aliphatic heterocycles. The number of carbonyl (C=O) groups is 2. The van der Waals surface area contributed by atoms with E-state index < -0.39 is 0 Å². The van der Waals surface area contributed by atoms with Crippen LogP contribution in [0.1, 0.15) is 36.2 Å². The van der Waals surface area contributed by atoms with Crippen LogP contribution in [0.4, 0.5) is 5.69 Å². The van der Waals surface area contributed by atoms with Gasteiger partial charge in [-0.05, 0) is 50.9 Å². The Labute approximate surface area is 134 Å². The number of fused-ring (bicyclic) bond motifs is 1. The van der Waals surface area contributed by atoms with Crippen LogP contribution < -0.4 is 5.32 Å². The largest absolute Gasteiger partial charge is 0.451 e. The zero-order valence-electron chi connectivity index (χ0n) is 13.0. The fourth-order valence-electron chi connectivity index (χ4n) is 3.20. The van der Waals surface area contributed by atoms with Crippen LogP contribution in [0, 0.1) is 5.92 Å². The Kier molecular flexibility index (Phi) is 3.65. The Morgan fingerprint density at radius 2 is 1.91 bits per heavy atom. The van der Waals surface area contributed by atoms with E-state index in [9.17, 15) is 9.59 Å². The first-order valence-corrected chi connectivity index (χ1v) is 8.30. The van der Waals surface area contributed by atoms with Crippen molar-refractivity contribution in [3.63, 3.8) is 0 Å². The van der Waals surface area contributed by atoms with Gasteiger partial charge in [0.15, 0.2) is 5.76 Å². The van der Waals surface area contributed by atoms with Crippen molar-refractivity contribution in [2.75, 3.05) is 25.0 Å². The lowest BCUT2D eigenvalue weighted by Gasteiger charge is -2.14. The average Bonchev–Trinajstić information content (AvgIpc) is 3.17. The number of furan rings is 1. The number of nitrogens with zero attached hydrogens (tertiary/aromatic N) is 1. The third-order valence-corrected chi connectivity index (χ3v) is 4.60. The maximum Gasteiger partial charge on any atom is 0.238 e. The number of amides is 1. The Hall–Kier alpha value is -2.14. The highest BCUT2D eigenvalue weighted by Gasteiger charge is 2.35. The number of rotatable bonds is 5. The van der Waals surface area contributed by atoms with Gasteiger partial charge in [0, 0.05) is 11.3 Å². The van der Waals surface area contributed by atoms with Crippen molar-refractivity contribution >= 4 is 28.3 Å². The number of carbonyl (C=O) groups excluding carboxylic acids is 2. The number of hydrogen-bond acceptors (Lipinski definition) is 4. The van der Waals surface area contributed by atoms with E-state index in [1.165, 1.54) is 0 Å². The van der Waals surface area contributed by atoms with Gasteiger partial charge in [-0.1, -0.05) is 12.1 Å². The van der Waals surface area contributed by atoms with Gasteiger partial charge in [-0.2, -0.15) is 0 Å². The quantitative estimate of drug-likeness (QED) is 0.862. The molecule has 2 aliphatic rings. The zero-order valence-corrected chi connectivity index (χ0v) is 13.0. The van der Waals surface area contributed by atoms with Gasteiger partial charge in [-0.25, -0.2) is 0 Å². The molecule has 1 saturated heterocycles. The highest BCUT2D eigenvalue weighted by Crippen LogP contribution is 2.38. The minimum absolute atomic E-state index is 0.0117. The number of nitrogens with one attached hydrogen (secondary N) is 1. The van der Waals surface area contributed by atoms with E-state index in [2.05, 4.69) is 10.2 Å². The van der Waals surface area contributed by atoms with Crippen LogP contribution in [0.25, 0.3) is 11.0 Å². The molecule has 1 amide bonds. The summed E-state index contributed by atoms with van der Waals surface area (Å²) in [5, 5.41) is 3.73. The molecule has 120 valence electrons. The van der Waals surface area contributed by atoms with Crippen LogP contribution in [0.5, 0.6) is 0 Å². The van der Waals surface area contributed by atoms with Gasteiger partial charge >= 0.3 is 0 Å². The van der Waals surface area contributed by atoms with Crippen LogP contribution >= 0.6 is 0 Å². The lowest BCUT2D eigenvalue weighted by Crippen LogP contribution is -2.31. The van der Waals surface area contributed by atoms with Gasteiger partial charge in [-0.3, -0.25) is 14.5 Å². The summed E-state index contributed by atoms with van der Waals surface area (Å²) in [6.45, 7) is 2.30. The second-order valence-electron chi connectivity index (χ2n) is 6.47. The molecular weight excluding hydrogens is 292 g/mol. The molecule has 1 N–H and O–H groups in total. The van der Waals surface area contributed by atoms with Crippen molar-refractivity contribution < 1.29 is 14.0 Å². The zero-order chi connectivity index (χ0) is 15.8. The summed E-state index contributed by atoms with van der Waals surface area (Å²) < 4.78 is 5.76. The van der Waals surface area contributed by atoms with Gasteiger partial charge in [0.25, 0.3) is 0 Å². The van der Waals surface area contributed by atoms with E-state index >= 15 is 0 Å². The summed E-state index contributed by atoms with van der Waals surface area (Å²) in [5.41, 5.74) is 1.19. The Balaban J connectivity index is 1.62. The fraction of sp³-hybridized carbons (Fsp3) is 0.444. The second kappa shape index (κ2) is 5.81. The molecule has 2 heterocycles. The molecule has 0 radical (unpaired) electrons. The first kappa shape index (κ1) is 14.5. The second-order valence-corrected chi connectivity index (χ2v) is 6.47. The number of para-hydroxylation sites is 1. The Bertz CT molecular complexity index is 755. The molecule has 0 bridgehead atoms. The number of hydrogen-bond donors (Lipinski definition) is 1. The summed E-state index contributed by atoms with van der Waals surface area (Å²) in [6, 6.07) is 7.47. The summed E-state index contributed by atoms with van der Waals surface area (Å²) in [4.78, 5) is 27.0. The minimum atomic E-state index is -0.0803. The Morgan fingerprint density at radius 3 is 2.65 bits per heavy atom. The molecule has 4 rings (SSSR count). The third-order valence-electron chi connectivity index (χ3n) is 4.60. The van der Waals surface area contributed by atoms with E-state index in [0.717, 1.165) is 44.2 Å². The number of Topliss-reactive ketones (excluding diaryl/α,β-unsaturated/α-hetero) is 1. The van der Waals surface area contributed by atoms with Crippen LogP contribution in [-0.2, 0) is 4.79 Å². The van der Waals surface area contributed by atoms with Gasteiger partial charge in [0.2, 0.25) is 11.7 Å². The summed E-state index contributed by atoms with van der Waals surface area (Å²) in [6.07, 6.45) is 4.12. The molecule has 0 unspecified atom stereocenters. The standard InChI is InChI=1S/C18H20N2O3/c21-15(11-20-9-3-4-10-20)19-16-13-5-1-2-6-14(13)23-18(16)17(22)12-7-8-12/h1-2,5-6,12H,3-4,7-11H2,(H,19,21). The summed E-state index contributed by atoms with van der Waals surface area (Å²) in [5.74, 6) is 0.300. The number of anilines is 1. The highest BCUT2D eigenvalue weighted by molar-refractivity contribution is 6.12. The maximum absolute atomic E-state index is 12.5. The molecule has 1 saturated carbocycles. The lowest BCUT2D eigenvalue weighted by atomic mass is 10.1. The van der Waals surface area contributed by atoms with Crippen molar-refractivity contribution in [3.8, 4) is 0 Å². The minimum Gasteiger partial charge on any atom is -0.451 e. The van der Waals surface area contributed by atoms with Crippen molar-refractivity contribution in [2.24, 2.45) is 5.92 Å². The van der Waals surface area contributed by atoms with Crippen molar-refractivity contribution in [1.82, 2.24) is 4.90 Å². The molecule has 0 spiro atoms. The normalized spacial score (nSPS) is 18.4. The SMILES string of the molecule is O=C(CN1CCCC1)Nc1c(C(=O)C2CC2)oc2ccccc12. The molecule has 0 atom stereocenters. The van der Waals surface area contributed by atoms with E-state index in [4.69, 9.17) is 4.42 Å². The van der Waals surface area contributed by atoms with E-state index in [-0.39, 0.29) is 17.6 Å². The van der Waals surface area contributed by atoms with Crippen LogP contribution in [0.2, 0.25) is 0 Å². The van der Waals surface area contributed by atoms with E-state index in [0.29, 0.717) is 23.6 Å². The van der Waals surface area contributed by atoms with Gasteiger partial charge in [0.1, 0.15) is 5.58 Å². The summed E-state index contributed by atoms with van der Waals surface area (Å²) >= 11 is 0. The molecule has 2 aromatic rings. The molecule has 23 heavy (non-hydrogen) atoms. The number of benzene rings is 1. The third kappa shape index (κ3) is 2.88. The monoisotopic (exact) mass is 312 g/mol. The fourth-order valence-corrected chi connectivity index (χ4v) is 3.20. The smallest absolute Gasteiger partial charge is 0.238 e. The van der Waals surface area contributed by atoms with Crippen LogP contribution in [0.15, 0.2) is 28.7 Å². The molecule has 1 aromatic heterocycles.